The Hall–Kier alpha value is -9.70. The molecule has 0 saturated carbocycles. The highest BCUT2D eigenvalue weighted by molar-refractivity contribution is 7.89. The molecule has 0 spiro atoms. The summed E-state index contributed by atoms with van der Waals surface area (Å²) in [5.74, 6) is -1.70. The number of Topliss-reactive ketones (excluding diaryl/α,β-unsaturated/α-hetero) is 1. The predicted octanol–water partition coefficient (Wildman–Crippen LogP) is 8.68. The number of aromatic nitrogens is 6. The van der Waals surface area contributed by atoms with E-state index in [2.05, 4.69) is 149 Å². The number of likely N-dealkylation sites (N-methyl/N-ethyl adjacent to an activating group) is 1. The van der Waals surface area contributed by atoms with Crippen LogP contribution in [-0.4, -0.2) is 205 Å². The number of alkyl halides is 1. The second-order valence-electron chi connectivity index (χ2n) is 28.9. The summed E-state index contributed by atoms with van der Waals surface area (Å²) in [6.45, 7) is 18.7. The fourth-order valence-corrected chi connectivity index (χ4v) is 16.6. The summed E-state index contributed by atoms with van der Waals surface area (Å²) >= 11 is 0. The quantitative estimate of drug-likeness (QED) is 0.00595. The highest BCUT2D eigenvalue weighted by atomic mass is 32.2. The number of hydrogen-bond acceptors (Lipinski definition) is 24. The van der Waals surface area contributed by atoms with Crippen molar-refractivity contribution in [3.63, 3.8) is 0 Å². The lowest BCUT2D eigenvalue weighted by Gasteiger charge is -2.31. The summed E-state index contributed by atoms with van der Waals surface area (Å²) in [6.07, 6.45) is 19.5. The van der Waals surface area contributed by atoms with E-state index in [1.165, 1.54) is 80.1 Å². The number of fused-ring (bicyclic) bond motifs is 6. The molecular formula is C79H104FN12O20S4+. The molecule has 7 aromatic rings. The number of nitrogens with zero attached hydrogens (tertiary/aromatic N) is 9. The van der Waals surface area contributed by atoms with Gasteiger partial charge < -0.3 is 34.5 Å². The summed E-state index contributed by atoms with van der Waals surface area (Å²) in [5.41, 5.74) is 9.55. The van der Waals surface area contributed by atoms with Crippen LogP contribution in [0.25, 0.3) is 21.5 Å². The van der Waals surface area contributed by atoms with Crippen molar-refractivity contribution in [2.75, 3.05) is 78.0 Å². The number of amides is 3. The molecule has 5 N–H and O–H groups in total. The fraction of sp³-hybridized carbons (Fsp3) is 0.481. The van der Waals surface area contributed by atoms with Crippen LogP contribution >= 0.6 is 0 Å². The fourth-order valence-electron chi connectivity index (χ4n) is 14.4. The Kier molecular flexibility index (Phi) is 35.9. The number of hydrogen-bond donors (Lipinski definition) is 5. The smallest absolute Gasteiger partial charge is 0.425 e. The Bertz CT molecular complexity index is 5130. The zero-order valence-corrected chi connectivity index (χ0v) is 69.9. The number of sulfonamides is 1. The third-order valence-electron chi connectivity index (χ3n) is 19.8. The molecule has 4 heterocycles. The summed E-state index contributed by atoms with van der Waals surface area (Å²) in [7, 11) is -13.5. The number of anilines is 1. The van der Waals surface area contributed by atoms with E-state index in [0.29, 0.717) is 69.4 Å². The topological polar surface area (TPSA) is 423 Å². The van der Waals surface area contributed by atoms with Gasteiger partial charge in [0.1, 0.15) is 36.7 Å². The van der Waals surface area contributed by atoms with Gasteiger partial charge >= 0.3 is 21.2 Å². The maximum atomic E-state index is 13.9. The van der Waals surface area contributed by atoms with E-state index in [4.69, 9.17) is 44.2 Å². The minimum absolute atomic E-state index is 0.0846. The Balaban J connectivity index is 0.00000222. The van der Waals surface area contributed by atoms with Crippen molar-refractivity contribution in [2.45, 2.75) is 178 Å². The average molecular weight is 1690 g/mol. The third kappa shape index (κ3) is 26.2. The van der Waals surface area contributed by atoms with E-state index in [0.717, 1.165) is 51.4 Å². The Labute approximate surface area is 678 Å². The number of ether oxygens (including phenoxy) is 4. The van der Waals surface area contributed by atoms with Crippen molar-refractivity contribution in [3.05, 3.63) is 161 Å². The lowest BCUT2D eigenvalue weighted by atomic mass is 9.79. The Morgan fingerprint density at radius 3 is 1.97 bits per heavy atom. The molecule has 116 heavy (non-hydrogen) atoms. The first-order valence-electron chi connectivity index (χ1n) is 38.0. The minimum atomic E-state index is -4.47. The summed E-state index contributed by atoms with van der Waals surface area (Å²) in [5, 5.41) is 35.6. The molecule has 2 aliphatic heterocycles. The van der Waals surface area contributed by atoms with E-state index in [1.807, 2.05) is 6.07 Å². The monoisotopic (exact) mass is 1690 g/mol. The van der Waals surface area contributed by atoms with Gasteiger partial charge in [-0.25, -0.2) is 23.3 Å². The molecule has 630 valence electrons. The highest BCUT2D eigenvalue weighted by Gasteiger charge is 2.46. The Morgan fingerprint density at radius 2 is 1.33 bits per heavy atom. The first-order valence-corrected chi connectivity index (χ1v) is 42.9. The maximum Gasteiger partial charge on any atom is 0.425 e. The zero-order valence-electron chi connectivity index (χ0n) is 66.6. The van der Waals surface area contributed by atoms with Crippen molar-refractivity contribution in [3.8, 4) is 5.75 Å². The zero-order chi connectivity index (χ0) is 84.9. The largest absolute Gasteiger partial charge is 0.497 e. The van der Waals surface area contributed by atoms with Crippen molar-refractivity contribution >= 4 is 103 Å². The molecule has 0 fully saturated rings. The van der Waals surface area contributed by atoms with Gasteiger partial charge in [-0.1, -0.05) is 99.5 Å². The van der Waals surface area contributed by atoms with Crippen LogP contribution < -0.4 is 25.8 Å². The number of rotatable bonds is 44. The summed E-state index contributed by atoms with van der Waals surface area (Å²) in [6, 6.07) is 23.3. The second-order valence-corrected chi connectivity index (χ2v) is 33.1. The second kappa shape index (κ2) is 44.6. The van der Waals surface area contributed by atoms with Gasteiger partial charge in [-0.2, -0.15) is 17.3 Å². The number of nitrogens with one attached hydrogen (secondary N) is 3. The van der Waals surface area contributed by atoms with Crippen LogP contribution in [0.1, 0.15) is 141 Å². The van der Waals surface area contributed by atoms with Gasteiger partial charge in [0.05, 0.1) is 93.1 Å². The highest BCUT2D eigenvalue weighted by Crippen LogP contribution is 2.51. The van der Waals surface area contributed by atoms with Gasteiger partial charge in [0, 0.05) is 79.3 Å². The third-order valence-corrected chi connectivity index (χ3v) is 22.5. The number of aryl methyl sites for hydroxylation is 2. The molecule has 5 aromatic carbocycles. The molecule has 0 bridgehead atoms. The van der Waals surface area contributed by atoms with Crippen LogP contribution in [0.15, 0.2) is 143 Å². The van der Waals surface area contributed by atoms with Gasteiger partial charge in [0.15, 0.2) is 5.71 Å². The molecule has 2 aliphatic rings. The minimum Gasteiger partial charge on any atom is -0.497 e. The van der Waals surface area contributed by atoms with Crippen LogP contribution in [0.2, 0.25) is 0 Å². The molecule has 9 rings (SSSR count). The summed E-state index contributed by atoms with van der Waals surface area (Å²) < 4.78 is 155. The molecule has 2 atom stereocenters. The first-order chi connectivity index (χ1) is 55.2. The molecule has 2 aromatic heterocycles. The van der Waals surface area contributed by atoms with Crippen LogP contribution in [0.4, 0.5) is 15.8 Å². The van der Waals surface area contributed by atoms with E-state index >= 15 is 0 Å². The lowest BCUT2D eigenvalue weighted by molar-refractivity contribution is -0.438. The van der Waals surface area contributed by atoms with Crippen molar-refractivity contribution in [2.24, 2.45) is 5.92 Å². The van der Waals surface area contributed by atoms with Gasteiger partial charge in [-0.05, 0) is 159 Å². The van der Waals surface area contributed by atoms with Gasteiger partial charge in [-0.15, -0.1) is 35.5 Å². The number of carbonyl (C=O) groups is 4. The first kappa shape index (κ1) is 93.5. The maximum absolute atomic E-state index is 13.9. The van der Waals surface area contributed by atoms with Gasteiger partial charge in [-0.3, -0.25) is 33.3 Å². The predicted molar refractivity (Wildman–Crippen MR) is 430 cm³/mol. The normalized spacial score (nSPS) is 14.5. The number of unbranched alkanes of at least 4 members (excludes halogenated alkanes) is 4. The van der Waals surface area contributed by atoms with Crippen molar-refractivity contribution < 1.29 is 98.9 Å². The van der Waals surface area contributed by atoms with Crippen LogP contribution in [-0.2, 0) is 112 Å². The van der Waals surface area contributed by atoms with E-state index in [9.17, 15) is 50.2 Å². The Morgan fingerprint density at radius 1 is 0.698 bits per heavy atom. The van der Waals surface area contributed by atoms with Crippen LogP contribution in [0.5, 0.6) is 5.75 Å². The molecule has 0 unspecified atom stereocenters. The van der Waals surface area contributed by atoms with Gasteiger partial charge in [0.25, 0.3) is 16.0 Å². The van der Waals surface area contributed by atoms with E-state index < -0.39 is 89.2 Å². The number of allylic oxidation sites excluding steroid dienone is 6. The molecule has 0 radical (unpaired) electrons. The average Bonchev–Trinajstić information content (AvgIpc) is 1.57. The van der Waals surface area contributed by atoms with E-state index in [-0.39, 0.29) is 98.9 Å². The lowest BCUT2D eigenvalue weighted by Crippen LogP contribution is -2.51. The summed E-state index contributed by atoms with van der Waals surface area (Å²) in [4.78, 5) is 55.3. The SMILES string of the molecule is CCN1\C(=C/C=C/C=C/C2=[N+](CCCCCC(=O)CCCCC[C@H](NC(=O)Cn3cc(CCCF)nn3)C(=O)NCCOCCOCCOCCn3cc(CN([C@@H](C(=O)NO)C(C)C)S(=O)(=O)c4ccc(OC)cc4)nn3)c3ccc4ccc(S(=O)(=O)O)cc4c3C2(C)C)C(C)(C)c2c1ccc1c(C)cccc21.O=S(=O)=O.O=S(=O)=O. The van der Waals surface area contributed by atoms with Crippen molar-refractivity contribution in [1.82, 2.24) is 50.4 Å². The number of halogens is 1. The van der Waals surface area contributed by atoms with Crippen LogP contribution in [0, 0.1) is 12.8 Å². The molecule has 32 nitrogen and oxygen atoms in total. The van der Waals surface area contributed by atoms with Crippen molar-refractivity contribution in [1.29, 1.82) is 0 Å². The molecule has 0 aliphatic carbocycles. The number of methoxy groups -OCH3 is 1. The number of ketones is 1. The number of carbonyl (C=O) groups excluding carboxylic acids is 4. The van der Waals surface area contributed by atoms with Gasteiger partial charge in [0.2, 0.25) is 27.5 Å². The molecule has 37 heteroatoms. The number of hydroxylamine groups is 1. The molecular weight excluding hydrogens is 1580 g/mol. The molecule has 3 amide bonds. The number of benzene rings is 5. The molecule has 0 saturated heterocycles. The standard InChI is InChI=1S/C79H103FN12O14S2.2O3S/c1-10-90-68-39-37-64-56(4)22-20-26-65(64)73(68)78(5,6)70(90)28-17-12-18-29-71-79(7,8)74-66-50-63(108(100,101)102)34-30-57(66)31-38-69(74)91(71)42-19-13-15-25-60(93)24-14-11-16-27-67(82-72(94)54-89-51-58(83-87-89)23-21-40-80)76(95)81-41-44-104-46-48-106-49-47-105-45-43-88-52-59(84-86-88)53-92(75(55(2)3)77(96)85-97)107(98,99)62-35-32-61(103-9)33-36-62;2*1-4(2)3/h12,17-18,20,22,26,28-39,50-52,55,67,75H,10-11,13-16,19,21,23-25,27,40-49,53-54H2,1-9H3,(H4-,81,82,83,84,85,86,87,94,95,96,97,100,101,102);;/p+1/t67-,75+;;/m0../s1. The van der Waals surface area contributed by atoms with Crippen LogP contribution in [0.3, 0.4) is 0 Å². The van der Waals surface area contributed by atoms with E-state index in [1.54, 1.807) is 43.9 Å².